The van der Waals surface area contributed by atoms with Gasteiger partial charge in [0.25, 0.3) is 0 Å². The first-order chi connectivity index (χ1) is 9.71. The van der Waals surface area contributed by atoms with Crippen molar-refractivity contribution < 1.29 is 9.47 Å². The molecule has 1 saturated heterocycles. The van der Waals surface area contributed by atoms with Crippen LogP contribution in [-0.2, 0) is 0 Å². The van der Waals surface area contributed by atoms with Gasteiger partial charge in [-0.05, 0) is 34.5 Å². The lowest BCUT2D eigenvalue weighted by Gasteiger charge is -2.35. The van der Waals surface area contributed by atoms with Crippen LogP contribution in [0.4, 0.5) is 0 Å². The molecule has 2 rings (SSSR count). The number of nitrogens with zero attached hydrogens (tertiary/aromatic N) is 1. The Morgan fingerprint density at radius 3 is 2.40 bits per heavy atom. The van der Waals surface area contributed by atoms with Crippen LogP contribution in [0.15, 0.2) is 16.6 Å². The smallest absolute Gasteiger partial charge is 0.133 e. The molecule has 20 heavy (non-hydrogen) atoms. The molecule has 112 valence electrons. The van der Waals surface area contributed by atoms with Crippen LogP contribution in [0.1, 0.15) is 24.9 Å². The summed E-state index contributed by atoms with van der Waals surface area (Å²) in [4.78, 5) is 2.52. The second-order valence-corrected chi connectivity index (χ2v) is 5.79. The van der Waals surface area contributed by atoms with Crippen LogP contribution in [0.2, 0.25) is 0 Å². The maximum atomic E-state index is 5.57. The average molecular weight is 343 g/mol. The zero-order chi connectivity index (χ0) is 14.5. The third kappa shape index (κ3) is 3.27. The van der Waals surface area contributed by atoms with Gasteiger partial charge in [-0.1, -0.05) is 6.92 Å². The van der Waals surface area contributed by atoms with Gasteiger partial charge in [-0.15, -0.1) is 0 Å². The molecule has 0 aliphatic carbocycles. The van der Waals surface area contributed by atoms with Gasteiger partial charge < -0.3 is 14.8 Å². The van der Waals surface area contributed by atoms with E-state index in [-0.39, 0.29) is 0 Å². The minimum atomic E-state index is 0.369. The van der Waals surface area contributed by atoms with Gasteiger partial charge in [0.05, 0.1) is 18.7 Å². The summed E-state index contributed by atoms with van der Waals surface area (Å²) in [5, 5.41) is 3.40. The first-order valence-electron chi connectivity index (χ1n) is 7.07. The molecule has 1 aliphatic heterocycles. The molecule has 1 aromatic carbocycles. The molecule has 5 heteroatoms. The molecule has 1 aliphatic rings. The summed E-state index contributed by atoms with van der Waals surface area (Å²) in [6, 6.07) is 4.46. The number of methoxy groups -OCH3 is 2. The standard InChI is InChI=1S/C15H23BrN2O2/c1-4-13(18-7-5-17-6-8-18)11-9-15(20-3)12(16)10-14(11)19-2/h9-10,13,17H,4-8H2,1-3H3/t13-/m1/s1. The Morgan fingerprint density at radius 2 is 1.85 bits per heavy atom. The number of hydrogen-bond acceptors (Lipinski definition) is 4. The number of piperazine rings is 1. The largest absolute Gasteiger partial charge is 0.496 e. The van der Waals surface area contributed by atoms with E-state index in [9.17, 15) is 0 Å². The van der Waals surface area contributed by atoms with Crippen molar-refractivity contribution in [1.82, 2.24) is 10.2 Å². The lowest BCUT2D eigenvalue weighted by Crippen LogP contribution is -2.45. The Labute approximate surface area is 129 Å². The second-order valence-electron chi connectivity index (χ2n) is 4.94. The fourth-order valence-electron chi connectivity index (χ4n) is 2.81. The maximum absolute atomic E-state index is 5.57. The monoisotopic (exact) mass is 342 g/mol. The summed E-state index contributed by atoms with van der Waals surface area (Å²) in [5.74, 6) is 1.78. The molecule has 1 N–H and O–H groups in total. The first kappa shape index (κ1) is 15.6. The molecule has 0 unspecified atom stereocenters. The van der Waals surface area contributed by atoms with Crippen molar-refractivity contribution in [3.8, 4) is 11.5 Å². The van der Waals surface area contributed by atoms with E-state index >= 15 is 0 Å². The molecule has 0 aromatic heterocycles. The number of hydrogen-bond donors (Lipinski definition) is 1. The molecule has 1 fully saturated rings. The zero-order valence-corrected chi connectivity index (χ0v) is 14.0. The zero-order valence-electron chi connectivity index (χ0n) is 12.4. The van der Waals surface area contributed by atoms with E-state index in [1.165, 1.54) is 5.56 Å². The molecule has 4 nitrogen and oxygen atoms in total. The van der Waals surface area contributed by atoms with Gasteiger partial charge in [0.2, 0.25) is 0 Å². The molecule has 0 spiro atoms. The summed E-state index contributed by atoms with van der Waals surface area (Å²) in [7, 11) is 3.42. The van der Waals surface area contributed by atoms with Gasteiger partial charge in [-0.2, -0.15) is 0 Å². The lowest BCUT2D eigenvalue weighted by molar-refractivity contribution is 0.166. The molecule has 0 amide bonds. The third-order valence-electron chi connectivity index (χ3n) is 3.84. The second kappa shape index (κ2) is 7.29. The molecule has 1 atom stereocenters. The highest BCUT2D eigenvalue weighted by molar-refractivity contribution is 9.10. The Bertz CT molecular complexity index is 448. The molecule has 0 radical (unpaired) electrons. The van der Waals surface area contributed by atoms with Crippen LogP contribution in [0.25, 0.3) is 0 Å². The van der Waals surface area contributed by atoms with Crippen LogP contribution in [0.5, 0.6) is 11.5 Å². The van der Waals surface area contributed by atoms with Crippen LogP contribution >= 0.6 is 15.9 Å². The first-order valence-corrected chi connectivity index (χ1v) is 7.86. The Kier molecular flexibility index (Phi) is 5.69. The van der Waals surface area contributed by atoms with E-state index in [1.807, 2.05) is 6.07 Å². The van der Waals surface area contributed by atoms with E-state index in [4.69, 9.17) is 9.47 Å². The molecular formula is C15H23BrN2O2. The van der Waals surface area contributed by atoms with E-state index in [0.717, 1.165) is 48.6 Å². The summed E-state index contributed by atoms with van der Waals surface area (Å²) in [5.41, 5.74) is 1.21. The number of benzene rings is 1. The molecule has 1 aromatic rings. The Balaban J connectivity index is 2.36. The molecule has 0 saturated carbocycles. The quantitative estimate of drug-likeness (QED) is 0.892. The number of halogens is 1. The fourth-order valence-corrected chi connectivity index (χ4v) is 3.30. The van der Waals surface area contributed by atoms with Crippen LogP contribution in [0.3, 0.4) is 0 Å². The third-order valence-corrected chi connectivity index (χ3v) is 4.46. The average Bonchev–Trinajstić information content (AvgIpc) is 2.50. The SMILES string of the molecule is CC[C@H](c1cc(OC)c(Br)cc1OC)N1CCNCC1. The van der Waals surface area contributed by atoms with Crippen LogP contribution in [-0.4, -0.2) is 45.3 Å². The van der Waals surface area contributed by atoms with E-state index in [0.29, 0.717) is 6.04 Å². The van der Waals surface area contributed by atoms with Crippen molar-refractivity contribution in [1.29, 1.82) is 0 Å². The number of rotatable bonds is 5. The van der Waals surface area contributed by atoms with Crippen LogP contribution in [0, 0.1) is 0 Å². The predicted octanol–water partition coefficient (Wildman–Crippen LogP) is 2.82. The van der Waals surface area contributed by atoms with Gasteiger partial charge in [-0.3, -0.25) is 4.90 Å². The normalized spacial score (nSPS) is 17.8. The van der Waals surface area contributed by atoms with Crippen molar-refractivity contribution in [2.24, 2.45) is 0 Å². The minimum absolute atomic E-state index is 0.369. The van der Waals surface area contributed by atoms with Crippen molar-refractivity contribution in [3.05, 3.63) is 22.2 Å². The summed E-state index contributed by atoms with van der Waals surface area (Å²) in [6.45, 7) is 6.46. The predicted molar refractivity (Wildman–Crippen MR) is 84.7 cm³/mol. The Morgan fingerprint density at radius 1 is 1.20 bits per heavy atom. The van der Waals surface area contributed by atoms with Gasteiger partial charge in [0.15, 0.2) is 0 Å². The van der Waals surface area contributed by atoms with Crippen molar-refractivity contribution in [2.75, 3.05) is 40.4 Å². The van der Waals surface area contributed by atoms with Gasteiger partial charge in [0, 0.05) is 37.8 Å². The van der Waals surface area contributed by atoms with E-state index in [2.05, 4.69) is 39.1 Å². The molecular weight excluding hydrogens is 320 g/mol. The number of nitrogens with one attached hydrogen (secondary N) is 1. The highest BCUT2D eigenvalue weighted by Crippen LogP contribution is 2.39. The molecule has 0 bridgehead atoms. The lowest BCUT2D eigenvalue weighted by atomic mass is 10.0. The van der Waals surface area contributed by atoms with Crippen molar-refractivity contribution >= 4 is 15.9 Å². The highest BCUT2D eigenvalue weighted by Gasteiger charge is 2.24. The number of ether oxygens (including phenoxy) is 2. The summed E-state index contributed by atoms with van der Waals surface area (Å²) < 4.78 is 11.9. The molecule has 1 heterocycles. The summed E-state index contributed by atoms with van der Waals surface area (Å²) >= 11 is 3.52. The maximum Gasteiger partial charge on any atom is 0.133 e. The highest BCUT2D eigenvalue weighted by atomic mass is 79.9. The fraction of sp³-hybridized carbons (Fsp3) is 0.600. The topological polar surface area (TPSA) is 33.7 Å². The van der Waals surface area contributed by atoms with Gasteiger partial charge >= 0.3 is 0 Å². The van der Waals surface area contributed by atoms with Crippen molar-refractivity contribution in [2.45, 2.75) is 19.4 Å². The van der Waals surface area contributed by atoms with E-state index < -0.39 is 0 Å². The van der Waals surface area contributed by atoms with Gasteiger partial charge in [0.1, 0.15) is 11.5 Å². The minimum Gasteiger partial charge on any atom is -0.496 e. The van der Waals surface area contributed by atoms with E-state index in [1.54, 1.807) is 14.2 Å². The van der Waals surface area contributed by atoms with Crippen molar-refractivity contribution in [3.63, 3.8) is 0 Å². The van der Waals surface area contributed by atoms with Gasteiger partial charge in [-0.25, -0.2) is 0 Å². The Hall–Kier alpha value is -0.780. The van der Waals surface area contributed by atoms with Crippen LogP contribution < -0.4 is 14.8 Å². The summed E-state index contributed by atoms with van der Waals surface area (Å²) in [6.07, 6.45) is 1.06.